The fraction of sp³-hybridized carbons (Fsp3) is 0.562. The lowest BCUT2D eigenvalue weighted by atomic mass is 10.1. The number of ether oxygens (including phenoxy) is 1. The van der Waals surface area contributed by atoms with Crippen molar-refractivity contribution in [1.29, 1.82) is 0 Å². The monoisotopic (exact) mass is 293 g/mol. The molecule has 118 valence electrons. The highest BCUT2D eigenvalue weighted by atomic mass is 16.5. The Bertz CT molecular complexity index is 436. The molecule has 1 aromatic rings. The van der Waals surface area contributed by atoms with Crippen molar-refractivity contribution >= 4 is 5.91 Å². The van der Waals surface area contributed by atoms with Gasteiger partial charge < -0.3 is 20.7 Å². The molecule has 1 rings (SSSR count). The molecule has 0 fully saturated rings. The van der Waals surface area contributed by atoms with E-state index in [0.717, 1.165) is 24.3 Å². The molecule has 5 nitrogen and oxygen atoms in total. The summed E-state index contributed by atoms with van der Waals surface area (Å²) in [5, 5.41) is 2.81. The normalized spacial score (nSPS) is 11.5. The third-order valence-electron chi connectivity index (χ3n) is 2.98. The van der Waals surface area contributed by atoms with Gasteiger partial charge in [-0.15, -0.1) is 0 Å². The predicted molar refractivity (Wildman–Crippen MR) is 85.2 cm³/mol. The zero-order valence-electron chi connectivity index (χ0n) is 13.5. The molecule has 0 saturated heterocycles. The Hall–Kier alpha value is -1.59. The molecule has 1 amide bonds. The molecule has 0 saturated carbocycles. The van der Waals surface area contributed by atoms with E-state index in [0.29, 0.717) is 13.2 Å². The zero-order chi connectivity index (χ0) is 15.9. The molecule has 0 heterocycles. The van der Waals surface area contributed by atoms with E-state index >= 15 is 0 Å². The highest BCUT2D eigenvalue weighted by Gasteiger charge is 2.20. The number of hydrogen-bond donors (Lipinski definition) is 2. The third kappa shape index (κ3) is 7.11. The summed E-state index contributed by atoms with van der Waals surface area (Å²) in [5.41, 5.74) is 5.89. The van der Waals surface area contributed by atoms with Crippen LogP contribution in [-0.2, 0) is 11.3 Å². The lowest BCUT2D eigenvalue weighted by Crippen LogP contribution is -2.48. The number of nitrogens with zero attached hydrogens (tertiary/aromatic N) is 1. The molecule has 0 unspecified atom stereocenters. The van der Waals surface area contributed by atoms with E-state index in [1.165, 1.54) is 0 Å². The molecule has 3 N–H and O–H groups in total. The predicted octanol–water partition coefficient (Wildman–Crippen LogP) is 1.37. The Balaban J connectivity index is 2.35. The van der Waals surface area contributed by atoms with Gasteiger partial charge in [0, 0.05) is 13.1 Å². The Morgan fingerprint density at radius 2 is 1.90 bits per heavy atom. The summed E-state index contributed by atoms with van der Waals surface area (Å²) in [6.07, 6.45) is 0.996. The van der Waals surface area contributed by atoms with Crippen LogP contribution in [0.3, 0.4) is 0 Å². The molecule has 5 heteroatoms. The van der Waals surface area contributed by atoms with Gasteiger partial charge in [-0.1, -0.05) is 12.1 Å². The summed E-state index contributed by atoms with van der Waals surface area (Å²) >= 11 is 0. The van der Waals surface area contributed by atoms with E-state index in [1.807, 2.05) is 38.4 Å². The van der Waals surface area contributed by atoms with Gasteiger partial charge in [-0.05, 0) is 52.1 Å². The maximum atomic E-state index is 11.7. The molecule has 0 radical (unpaired) electrons. The van der Waals surface area contributed by atoms with E-state index in [-0.39, 0.29) is 5.91 Å². The van der Waals surface area contributed by atoms with Gasteiger partial charge in [0.05, 0.1) is 12.1 Å². The zero-order valence-corrected chi connectivity index (χ0v) is 13.5. The van der Waals surface area contributed by atoms with Crippen molar-refractivity contribution in [3.8, 4) is 5.75 Å². The van der Waals surface area contributed by atoms with Crippen molar-refractivity contribution in [2.75, 3.05) is 27.2 Å². The largest absolute Gasteiger partial charge is 0.494 e. The number of rotatable bonds is 8. The highest BCUT2D eigenvalue weighted by Crippen LogP contribution is 2.12. The first-order valence-corrected chi connectivity index (χ1v) is 7.22. The van der Waals surface area contributed by atoms with E-state index in [1.54, 1.807) is 13.8 Å². The summed E-state index contributed by atoms with van der Waals surface area (Å²) in [6, 6.07) is 7.74. The smallest absolute Gasteiger partial charge is 0.239 e. The molecule has 21 heavy (non-hydrogen) atoms. The van der Waals surface area contributed by atoms with Crippen molar-refractivity contribution in [2.45, 2.75) is 32.4 Å². The van der Waals surface area contributed by atoms with Crippen LogP contribution in [0.5, 0.6) is 5.75 Å². The van der Waals surface area contributed by atoms with Gasteiger partial charge in [-0.2, -0.15) is 0 Å². The topological polar surface area (TPSA) is 67.6 Å². The maximum absolute atomic E-state index is 11.7. The minimum absolute atomic E-state index is 0.161. The number of carbonyl (C=O) groups excluding carboxylic acids is 1. The molecule has 0 spiro atoms. The first kappa shape index (κ1) is 17.5. The second kappa shape index (κ2) is 8.00. The minimum Gasteiger partial charge on any atom is -0.494 e. The number of hydrogen-bond acceptors (Lipinski definition) is 4. The summed E-state index contributed by atoms with van der Waals surface area (Å²) in [6.45, 7) is 5.56. The first-order chi connectivity index (χ1) is 9.79. The second-order valence-corrected chi connectivity index (χ2v) is 6.05. The second-order valence-electron chi connectivity index (χ2n) is 6.05. The average molecular weight is 293 g/mol. The third-order valence-corrected chi connectivity index (χ3v) is 2.98. The van der Waals surface area contributed by atoms with Gasteiger partial charge in [0.1, 0.15) is 5.75 Å². The van der Waals surface area contributed by atoms with Crippen molar-refractivity contribution < 1.29 is 9.53 Å². The molecule has 0 aromatic heterocycles. The number of nitrogens with two attached hydrogens (primary N) is 1. The SMILES string of the molecule is CN(C)CCCOc1ccc(CNC(=O)C(C)(C)N)cc1. The highest BCUT2D eigenvalue weighted by molar-refractivity contribution is 5.84. The first-order valence-electron chi connectivity index (χ1n) is 7.22. The number of carbonyl (C=O) groups is 1. The quantitative estimate of drug-likeness (QED) is 0.710. The fourth-order valence-corrected chi connectivity index (χ4v) is 1.68. The molecular formula is C16H27N3O2. The van der Waals surface area contributed by atoms with E-state index in [2.05, 4.69) is 10.2 Å². The number of benzene rings is 1. The maximum Gasteiger partial charge on any atom is 0.239 e. The van der Waals surface area contributed by atoms with Crippen LogP contribution >= 0.6 is 0 Å². The van der Waals surface area contributed by atoms with Crippen molar-refractivity contribution in [3.63, 3.8) is 0 Å². The van der Waals surface area contributed by atoms with Gasteiger partial charge in [0.25, 0.3) is 0 Å². The van der Waals surface area contributed by atoms with Crippen LogP contribution in [0.4, 0.5) is 0 Å². The molecule has 0 bridgehead atoms. The van der Waals surface area contributed by atoms with Crippen LogP contribution in [0.25, 0.3) is 0 Å². The van der Waals surface area contributed by atoms with Crippen molar-refractivity contribution in [1.82, 2.24) is 10.2 Å². The van der Waals surface area contributed by atoms with Crippen molar-refractivity contribution in [2.24, 2.45) is 5.73 Å². The molecule has 0 aliphatic rings. The molecule has 1 aromatic carbocycles. The molecular weight excluding hydrogens is 266 g/mol. The van der Waals surface area contributed by atoms with Crippen LogP contribution in [-0.4, -0.2) is 43.6 Å². The number of nitrogens with one attached hydrogen (secondary N) is 1. The Labute approximate surface area is 127 Å². The summed E-state index contributed by atoms with van der Waals surface area (Å²) < 4.78 is 5.66. The van der Waals surface area contributed by atoms with Crippen LogP contribution in [0, 0.1) is 0 Å². The van der Waals surface area contributed by atoms with E-state index in [9.17, 15) is 4.79 Å². The molecule has 0 atom stereocenters. The summed E-state index contributed by atoms with van der Waals surface area (Å²) in [4.78, 5) is 13.8. The standard InChI is InChI=1S/C16H27N3O2/c1-16(2,17)15(20)18-12-13-6-8-14(9-7-13)21-11-5-10-19(3)4/h6-9H,5,10-12,17H2,1-4H3,(H,18,20). The van der Waals surface area contributed by atoms with Crippen LogP contribution in [0.2, 0.25) is 0 Å². The van der Waals surface area contributed by atoms with Gasteiger partial charge in [-0.25, -0.2) is 0 Å². The van der Waals surface area contributed by atoms with Crippen molar-refractivity contribution in [3.05, 3.63) is 29.8 Å². The molecule has 0 aliphatic carbocycles. The van der Waals surface area contributed by atoms with Crippen LogP contribution < -0.4 is 15.8 Å². The summed E-state index contributed by atoms with van der Waals surface area (Å²) in [7, 11) is 4.09. The van der Waals surface area contributed by atoms with Gasteiger partial charge in [0.15, 0.2) is 0 Å². The van der Waals surface area contributed by atoms with Gasteiger partial charge in [-0.3, -0.25) is 4.79 Å². The van der Waals surface area contributed by atoms with Crippen LogP contribution in [0.15, 0.2) is 24.3 Å². The van der Waals surface area contributed by atoms with Crippen LogP contribution in [0.1, 0.15) is 25.8 Å². The van der Waals surface area contributed by atoms with Gasteiger partial charge in [0.2, 0.25) is 5.91 Å². The van der Waals surface area contributed by atoms with E-state index in [4.69, 9.17) is 10.5 Å². The minimum atomic E-state index is -0.852. The van der Waals surface area contributed by atoms with E-state index < -0.39 is 5.54 Å². The lowest BCUT2D eigenvalue weighted by molar-refractivity contribution is -0.125. The summed E-state index contributed by atoms with van der Waals surface area (Å²) in [5.74, 6) is 0.689. The Kier molecular flexibility index (Phi) is 6.65. The fourth-order valence-electron chi connectivity index (χ4n) is 1.68. The average Bonchev–Trinajstić information content (AvgIpc) is 2.41. The Morgan fingerprint density at radius 3 is 2.43 bits per heavy atom. The Morgan fingerprint density at radius 1 is 1.29 bits per heavy atom. The lowest BCUT2D eigenvalue weighted by Gasteiger charge is -2.17. The van der Waals surface area contributed by atoms with Gasteiger partial charge >= 0.3 is 0 Å². The number of amides is 1. The molecule has 0 aliphatic heterocycles.